The lowest BCUT2D eigenvalue weighted by molar-refractivity contribution is -0.276. The minimum absolute atomic E-state index is 0.0223. The summed E-state index contributed by atoms with van der Waals surface area (Å²) in [6, 6.07) is 0. The highest BCUT2D eigenvalue weighted by Crippen LogP contribution is 2.74. The van der Waals surface area contributed by atoms with E-state index >= 15 is 0 Å². The van der Waals surface area contributed by atoms with Crippen LogP contribution in [0.5, 0.6) is 0 Å². The van der Waals surface area contributed by atoms with E-state index < -0.39 is 5.60 Å². The summed E-state index contributed by atoms with van der Waals surface area (Å²) in [5.74, 6) is 2.77. The van der Waals surface area contributed by atoms with Gasteiger partial charge < -0.3 is 25.4 Å². The fourth-order valence-electron chi connectivity index (χ4n) is 13.5. The molecule has 7 rings (SSSR count). The molecule has 5 fully saturated rings. The maximum atomic E-state index is 12.9. The second-order valence-electron chi connectivity index (χ2n) is 17.7. The Bertz CT molecular complexity index is 1190. The quantitative estimate of drug-likeness (QED) is 0.290. The van der Waals surface area contributed by atoms with Gasteiger partial charge in [0.1, 0.15) is 0 Å². The van der Waals surface area contributed by atoms with Gasteiger partial charge in [0.25, 0.3) is 0 Å². The highest BCUT2D eigenvalue weighted by Gasteiger charge is 2.72. The Hall–Kier alpha value is -0.880. The second kappa shape index (κ2) is 10.1. The molecular formula is C38H61NO4. The van der Waals surface area contributed by atoms with Crippen molar-refractivity contribution >= 4 is 0 Å². The van der Waals surface area contributed by atoms with Crippen LogP contribution in [0.25, 0.3) is 0 Å². The molecule has 0 aromatic rings. The Morgan fingerprint density at radius 3 is 2.49 bits per heavy atom. The number of aliphatic hydroxyl groups excluding tert-OH is 1. The number of allylic oxidation sites excluding steroid dienone is 1. The summed E-state index contributed by atoms with van der Waals surface area (Å²) in [7, 11) is 0. The SMILES string of the molecule is CC1=C(O)C2C(CCC3(C)C4CCC5C6(C)COC(C)C5(CC(C)C6OCC5(N)CCCCC5)C4=CCC23O)C1C(C)C. The maximum absolute atomic E-state index is 12.9. The zero-order valence-corrected chi connectivity index (χ0v) is 28.3. The minimum atomic E-state index is -0.911. The van der Waals surface area contributed by atoms with Crippen molar-refractivity contribution in [2.75, 3.05) is 13.2 Å². The van der Waals surface area contributed by atoms with Crippen molar-refractivity contribution in [1.29, 1.82) is 0 Å². The zero-order valence-electron chi connectivity index (χ0n) is 28.3. The number of fused-ring (bicyclic) bond motifs is 5. The van der Waals surface area contributed by atoms with E-state index in [1.807, 2.05) is 0 Å². The van der Waals surface area contributed by atoms with E-state index in [0.717, 1.165) is 57.1 Å². The van der Waals surface area contributed by atoms with Gasteiger partial charge in [0, 0.05) is 27.7 Å². The fraction of sp³-hybridized carbons (Fsp3) is 0.895. The third-order valence-electron chi connectivity index (χ3n) is 15.4. The van der Waals surface area contributed by atoms with Gasteiger partial charge in [-0.15, -0.1) is 0 Å². The Balaban J connectivity index is 1.24. The van der Waals surface area contributed by atoms with E-state index in [9.17, 15) is 10.2 Å². The molecule has 12 unspecified atom stereocenters. The molecule has 1 saturated heterocycles. The van der Waals surface area contributed by atoms with Gasteiger partial charge in [-0.1, -0.05) is 65.5 Å². The van der Waals surface area contributed by atoms with E-state index in [1.165, 1.54) is 19.3 Å². The van der Waals surface area contributed by atoms with Crippen LogP contribution in [0.4, 0.5) is 0 Å². The van der Waals surface area contributed by atoms with Gasteiger partial charge in [-0.25, -0.2) is 0 Å². The standard InChI is InChI=1S/C38H61NO4/c1-22(2)30-24(4)32(40)31-26(30)13-17-35(7)27-11-12-29-34(6)20-42-25(5)37(29,28(27)14-18-38(31,35)41)19-23(3)33(34)43-21-36(39)15-9-8-10-16-36/h14,22-23,25-27,29-31,33,40-41H,8-13,15-21,39H2,1-7H3. The number of hydrogen-bond acceptors (Lipinski definition) is 5. The monoisotopic (exact) mass is 595 g/mol. The molecule has 4 saturated carbocycles. The first-order chi connectivity index (χ1) is 20.2. The highest BCUT2D eigenvalue weighted by molar-refractivity contribution is 5.39. The van der Waals surface area contributed by atoms with E-state index in [-0.39, 0.29) is 39.9 Å². The van der Waals surface area contributed by atoms with Crippen LogP contribution in [0.3, 0.4) is 0 Å². The normalized spacial score (nSPS) is 52.2. The molecule has 1 aliphatic heterocycles. The molecule has 242 valence electrons. The molecule has 12 atom stereocenters. The lowest BCUT2D eigenvalue weighted by atomic mass is 9.37. The molecule has 0 radical (unpaired) electrons. The smallest absolute Gasteiger partial charge is 0.0977 e. The van der Waals surface area contributed by atoms with Gasteiger partial charge in [0.15, 0.2) is 0 Å². The van der Waals surface area contributed by atoms with Gasteiger partial charge in [0.2, 0.25) is 0 Å². The molecule has 4 N–H and O–H groups in total. The molecule has 6 aliphatic carbocycles. The Labute approximate surface area is 261 Å². The molecule has 5 nitrogen and oxygen atoms in total. The predicted octanol–water partition coefficient (Wildman–Crippen LogP) is 7.72. The number of hydrogen-bond donors (Lipinski definition) is 3. The Morgan fingerprint density at radius 2 is 1.79 bits per heavy atom. The van der Waals surface area contributed by atoms with Crippen LogP contribution in [0, 0.1) is 57.7 Å². The average Bonchev–Trinajstić information content (AvgIpc) is 3.22. The molecule has 0 spiro atoms. The second-order valence-corrected chi connectivity index (χ2v) is 17.7. The zero-order chi connectivity index (χ0) is 30.7. The lowest BCUT2D eigenvalue weighted by Gasteiger charge is -2.71. The van der Waals surface area contributed by atoms with Crippen molar-refractivity contribution in [3.8, 4) is 0 Å². The minimum Gasteiger partial charge on any atom is -0.512 e. The van der Waals surface area contributed by atoms with Crippen molar-refractivity contribution in [3.05, 3.63) is 23.0 Å². The van der Waals surface area contributed by atoms with Gasteiger partial charge in [-0.3, -0.25) is 0 Å². The summed E-state index contributed by atoms with van der Waals surface area (Å²) in [5, 5.41) is 24.5. The van der Waals surface area contributed by atoms with Crippen LogP contribution < -0.4 is 5.73 Å². The van der Waals surface area contributed by atoms with Crippen molar-refractivity contribution in [2.45, 2.75) is 142 Å². The Morgan fingerprint density at radius 1 is 1.07 bits per heavy atom. The first-order valence-corrected chi connectivity index (χ1v) is 18.1. The summed E-state index contributed by atoms with van der Waals surface area (Å²) in [5.41, 5.74) is 8.18. The molecular weight excluding hydrogens is 534 g/mol. The molecule has 0 aromatic heterocycles. The van der Waals surface area contributed by atoms with Crippen molar-refractivity contribution in [2.24, 2.45) is 63.4 Å². The Kier molecular flexibility index (Phi) is 7.19. The molecule has 1 heterocycles. The first kappa shape index (κ1) is 30.8. The van der Waals surface area contributed by atoms with Gasteiger partial charge in [0.05, 0.1) is 36.8 Å². The van der Waals surface area contributed by atoms with Crippen LogP contribution in [0.15, 0.2) is 23.0 Å². The highest BCUT2D eigenvalue weighted by atomic mass is 16.5. The summed E-state index contributed by atoms with van der Waals surface area (Å²) >= 11 is 0. The van der Waals surface area contributed by atoms with E-state index in [0.29, 0.717) is 54.3 Å². The van der Waals surface area contributed by atoms with Gasteiger partial charge >= 0.3 is 0 Å². The fourth-order valence-corrected chi connectivity index (χ4v) is 13.5. The molecule has 0 aromatic carbocycles. The van der Waals surface area contributed by atoms with E-state index in [1.54, 1.807) is 5.57 Å². The third kappa shape index (κ3) is 3.96. The van der Waals surface area contributed by atoms with Gasteiger partial charge in [-0.2, -0.15) is 0 Å². The predicted molar refractivity (Wildman–Crippen MR) is 171 cm³/mol. The van der Waals surface area contributed by atoms with Crippen molar-refractivity contribution in [1.82, 2.24) is 0 Å². The first-order valence-electron chi connectivity index (χ1n) is 18.1. The maximum Gasteiger partial charge on any atom is 0.0977 e. The number of rotatable bonds is 4. The van der Waals surface area contributed by atoms with E-state index in [4.69, 9.17) is 15.2 Å². The lowest BCUT2D eigenvalue weighted by Crippen LogP contribution is -2.71. The number of ether oxygens (including phenoxy) is 2. The summed E-state index contributed by atoms with van der Waals surface area (Å²) < 4.78 is 13.8. The summed E-state index contributed by atoms with van der Waals surface area (Å²) in [6.07, 6.45) is 14.8. The summed E-state index contributed by atoms with van der Waals surface area (Å²) in [4.78, 5) is 0. The van der Waals surface area contributed by atoms with Crippen LogP contribution in [-0.4, -0.2) is 46.8 Å². The van der Waals surface area contributed by atoms with Crippen molar-refractivity contribution in [3.63, 3.8) is 0 Å². The molecule has 2 bridgehead atoms. The van der Waals surface area contributed by atoms with Crippen LogP contribution in [-0.2, 0) is 9.47 Å². The number of aliphatic hydroxyl groups is 2. The number of nitrogens with two attached hydrogens (primary N) is 1. The van der Waals surface area contributed by atoms with Crippen LogP contribution in [0.2, 0.25) is 0 Å². The van der Waals surface area contributed by atoms with Crippen molar-refractivity contribution < 1.29 is 19.7 Å². The van der Waals surface area contributed by atoms with Crippen LogP contribution >= 0.6 is 0 Å². The molecule has 7 aliphatic rings. The van der Waals surface area contributed by atoms with E-state index in [2.05, 4.69) is 54.5 Å². The summed E-state index contributed by atoms with van der Waals surface area (Å²) in [6.45, 7) is 17.7. The molecule has 5 heteroatoms. The van der Waals surface area contributed by atoms with Crippen LogP contribution in [0.1, 0.15) is 119 Å². The largest absolute Gasteiger partial charge is 0.512 e. The van der Waals surface area contributed by atoms with Gasteiger partial charge in [-0.05, 0) is 106 Å². The average molecular weight is 596 g/mol. The molecule has 43 heavy (non-hydrogen) atoms. The third-order valence-corrected chi connectivity index (χ3v) is 15.4. The topological polar surface area (TPSA) is 84.9 Å². The molecule has 0 amide bonds.